The minimum Gasteiger partial charge on any atom is -0.345 e. The molecular weight excluding hydrogens is 370 g/mol. The van der Waals surface area contributed by atoms with Crippen molar-refractivity contribution >= 4 is 29.3 Å². The normalized spacial score (nSPS) is 10.7. The monoisotopic (exact) mass is 387 g/mol. The maximum absolute atomic E-state index is 11.9. The van der Waals surface area contributed by atoms with Gasteiger partial charge in [0.2, 0.25) is 5.16 Å². The third-order valence-corrected chi connectivity index (χ3v) is 5.01. The van der Waals surface area contributed by atoms with E-state index in [4.69, 9.17) is 17.4 Å². The van der Waals surface area contributed by atoms with Gasteiger partial charge in [-0.3, -0.25) is 4.79 Å². The molecule has 0 saturated carbocycles. The van der Waals surface area contributed by atoms with E-state index >= 15 is 0 Å². The van der Waals surface area contributed by atoms with Gasteiger partial charge in [0, 0.05) is 36.0 Å². The molecule has 8 heteroatoms. The highest BCUT2D eigenvalue weighted by Gasteiger charge is 2.13. The van der Waals surface area contributed by atoms with E-state index in [9.17, 15) is 4.79 Å². The van der Waals surface area contributed by atoms with Crippen LogP contribution in [0.4, 0.5) is 0 Å². The van der Waals surface area contributed by atoms with Gasteiger partial charge in [0.25, 0.3) is 5.91 Å². The van der Waals surface area contributed by atoms with E-state index in [1.54, 1.807) is 31.1 Å². The van der Waals surface area contributed by atoms with E-state index in [1.165, 1.54) is 16.4 Å². The fraction of sp³-hybridized carbons (Fsp3) is 0.167. The van der Waals surface area contributed by atoms with E-state index in [2.05, 4.69) is 10.2 Å². The van der Waals surface area contributed by atoms with Crippen molar-refractivity contribution in [2.75, 3.05) is 19.9 Å². The minimum atomic E-state index is -0.0153. The number of benzene rings is 2. The summed E-state index contributed by atoms with van der Waals surface area (Å²) in [7, 11) is 3.47. The van der Waals surface area contributed by atoms with Gasteiger partial charge >= 0.3 is 0 Å². The fourth-order valence-electron chi connectivity index (χ4n) is 2.32. The van der Waals surface area contributed by atoms with Gasteiger partial charge < -0.3 is 10.7 Å². The van der Waals surface area contributed by atoms with Gasteiger partial charge in [0.1, 0.15) is 0 Å². The summed E-state index contributed by atoms with van der Waals surface area (Å²) >= 11 is 7.39. The molecule has 0 saturated heterocycles. The number of hydrogen-bond donors (Lipinski definition) is 1. The van der Waals surface area contributed by atoms with Gasteiger partial charge in [-0.05, 0) is 42.0 Å². The SMILES string of the molecule is CN(C)C(=O)c1ccc(CSc2nnc(-c3ccc(Cl)cc3)n2N)cc1. The van der Waals surface area contributed by atoms with E-state index in [-0.39, 0.29) is 5.91 Å². The average molecular weight is 388 g/mol. The molecule has 1 amide bonds. The maximum atomic E-state index is 11.9. The Labute approximate surface area is 160 Å². The molecule has 3 aromatic rings. The molecule has 0 aliphatic carbocycles. The second kappa shape index (κ2) is 7.80. The Morgan fingerprint density at radius 1 is 1.12 bits per heavy atom. The van der Waals surface area contributed by atoms with Gasteiger partial charge in [-0.1, -0.05) is 35.5 Å². The van der Waals surface area contributed by atoms with Crippen LogP contribution in [0, 0.1) is 0 Å². The molecule has 2 aromatic carbocycles. The smallest absolute Gasteiger partial charge is 0.253 e. The van der Waals surface area contributed by atoms with Crippen molar-refractivity contribution in [2.24, 2.45) is 0 Å². The molecule has 0 radical (unpaired) electrons. The van der Waals surface area contributed by atoms with Crippen LogP contribution in [0.1, 0.15) is 15.9 Å². The molecule has 26 heavy (non-hydrogen) atoms. The number of rotatable bonds is 5. The molecule has 3 rings (SSSR count). The van der Waals surface area contributed by atoms with Crippen molar-refractivity contribution in [3.8, 4) is 11.4 Å². The minimum absolute atomic E-state index is 0.0153. The molecule has 0 bridgehead atoms. The van der Waals surface area contributed by atoms with E-state index < -0.39 is 0 Å². The van der Waals surface area contributed by atoms with Gasteiger partial charge in [-0.25, -0.2) is 4.68 Å². The quantitative estimate of drug-likeness (QED) is 0.536. The van der Waals surface area contributed by atoms with Crippen LogP contribution in [0.2, 0.25) is 5.02 Å². The third kappa shape index (κ3) is 4.00. The molecule has 2 N–H and O–H groups in total. The molecule has 0 aliphatic rings. The Kier molecular flexibility index (Phi) is 5.49. The van der Waals surface area contributed by atoms with Crippen LogP contribution in [-0.2, 0) is 5.75 Å². The molecule has 0 aliphatic heterocycles. The predicted octanol–water partition coefficient (Wildman–Crippen LogP) is 3.31. The van der Waals surface area contributed by atoms with Gasteiger partial charge in [0.15, 0.2) is 5.82 Å². The van der Waals surface area contributed by atoms with Gasteiger partial charge in [-0.15, -0.1) is 10.2 Å². The Morgan fingerprint density at radius 2 is 1.77 bits per heavy atom. The number of thioether (sulfide) groups is 1. The lowest BCUT2D eigenvalue weighted by Gasteiger charge is -2.10. The number of amides is 1. The summed E-state index contributed by atoms with van der Waals surface area (Å²) in [4.78, 5) is 13.5. The van der Waals surface area contributed by atoms with Crippen LogP contribution in [-0.4, -0.2) is 39.8 Å². The molecule has 0 fully saturated rings. The molecule has 6 nitrogen and oxygen atoms in total. The van der Waals surface area contributed by atoms with Crippen molar-refractivity contribution in [3.63, 3.8) is 0 Å². The molecule has 1 heterocycles. The molecule has 0 spiro atoms. The standard InChI is InChI=1S/C18H18ClN5OS/c1-23(2)17(25)14-5-3-12(4-6-14)11-26-18-22-21-16(24(18)20)13-7-9-15(19)10-8-13/h3-10H,11,20H2,1-2H3. The zero-order chi connectivity index (χ0) is 18.7. The number of halogens is 1. The highest BCUT2D eigenvalue weighted by Crippen LogP contribution is 2.25. The number of nitrogen functional groups attached to an aromatic ring is 1. The summed E-state index contributed by atoms with van der Waals surface area (Å²) in [6.07, 6.45) is 0. The van der Waals surface area contributed by atoms with E-state index in [1.807, 2.05) is 36.4 Å². The summed E-state index contributed by atoms with van der Waals surface area (Å²) in [5.74, 6) is 7.36. The van der Waals surface area contributed by atoms with E-state index in [0.717, 1.165) is 11.1 Å². The summed E-state index contributed by atoms with van der Waals surface area (Å²) in [6, 6.07) is 14.8. The second-order valence-corrected chi connectivity index (χ2v) is 7.25. The number of carbonyl (C=O) groups excluding carboxylic acids is 1. The molecule has 134 valence electrons. The number of aromatic nitrogens is 3. The van der Waals surface area contributed by atoms with Gasteiger partial charge in [0.05, 0.1) is 0 Å². The Morgan fingerprint density at radius 3 is 2.38 bits per heavy atom. The molecule has 0 unspecified atom stereocenters. The topological polar surface area (TPSA) is 77.0 Å². The van der Waals surface area contributed by atoms with Crippen LogP contribution in [0.15, 0.2) is 53.7 Å². The summed E-state index contributed by atoms with van der Waals surface area (Å²) in [5, 5.41) is 9.58. The molecular formula is C18H18ClN5OS. The van der Waals surface area contributed by atoms with Crippen LogP contribution >= 0.6 is 23.4 Å². The van der Waals surface area contributed by atoms with Gasteiger partial charge in [-0.2, -0.15) is 0 Å². The molecule has 1 aromatic heterocycles. The zero-order valence-corrected chi connectivity index (χ0v) is 16.0. The average Bonchev–Trinajstić information content (AvgIpc) is 3.01. The third-order valence-electron chi connectivity index (χ3n) is 3.74. The van der Waals surface area contributed by atoms with E-state index in [0.29, 0.717) is 27.3 Å². The number of hydrogen-bond acceptors (Lipinski definition) is 5. The van der Waals surface area contributed by atoms with Crippen LogP contribution in [0.25, 0.3) is 11.4 Å². The lowest BCUT2D eigenvalue weighted by Crippen LogP contribution is -2.21. The summed E-state index contributed by atoms with van der Waals surface area (Å²) in [6.45, 7) is 0. The number of carbonyl (C=O) groups is 1. The Hall–Kier alpha value is -2.51. The Balaban J connectivity index is 1.69. The lowest BCUT2D eigenvalue weighted by molar-refractivity contribution is 0.0827. The van der Waals surface area contributed by atoms with Crippen molar-refractivity contribution in [3.05, 3.63) is 64.7 Å². The highest BCUT2D eigenvalue weighted by atomic mass is 35.5. The number of nitrogens with two attached hydrogens (primary N) is 1. The Bertz CT molecular complexity index is 906. The molecule has 0 atom stereocenters. The zero-order valence-electron chi connectivity index (χ0n) is 14.4. The number of nitrogens with zero attached hydrogens (tertiary/aromatic N) is 4. The van der Waals surface area contributed by atoms with Crippen LogP contribution in [0.5, 0.6) is 0 Å². The summed E-state index contributed by atoms with van der Waals surface area (Å²) < 4.78 is 1.47. The first-order valence-electron chi connectivity index (χ1n) is 7.85. The largest absolute Gasteiger partial charge is 0.345 e. The fourth-order valence-corrected chi connectivity index (χ4v) is 3.26. The first-order valence-corrected chi connectivity index (χ1v) is 9.22. The lowest BCUT2D eigenvalue weighted by atomic mass is 10.1. The first kappa shape index (κ1) is 18.3. The van der Waals surface area contributed by atoms with Crippen LogP contribution < -0.4 is 5.84 Å². The second-order valence-electron chi connectivity index (χ2n) is 5.87. The summed E-state index contributed by atoms with van der Waals surface area (Å²) in [5.41, 5.74) is 2.58. The van der Waals surface area contributed by atoms with Crippen molar-refractivity contribution in [1.82, 2.24) is 19.8 Å². The van der Waals surface area contributed by atoms with Crippen molar-refractivity contribution in [2.45, 2.75) is 10.9 Å². The van der Waals surface area contributed by atoms with Crippen molar-refractivity contribution in [1.29, 1.82) is 0 Å². The van der Waals surface area contributed by atoms with Crippen LogP contribution in [0.3, 0.4) is 0 Å². The van der Waals surface area contributed by atoms with Crippen molar-refractivity contribution < 1.29 is 4.79 Å². The highest BCUT2D eigenvalue weighted by molar-refractivity contribution is 7.98. The predicted molar refractivity (Wildman–Crippen MR) is 105 cm³/mol. The first-order chi connectivity index (χ1) is 12.5. The maximum Gasteiger partial charge on any atom is 0.253 e.